The van der Waals surface area contributed by atoms with E-state index in [-0.39, 0.29) is 11.0 Å². The van der Waals surface area contributed by atoms with Crippen LogP contribution in [0.25, 0.3) is 11.1 Å². The van der Waals surface area contributed by atoms with Crippen molar-refractivity contribution in [1.29, 1.82) is 0 Å². The third kappa shape index (κ3) is 5.38. The van der Waals surface area contributed by atoms with E-state index in [1.54, 1.807) is 62.4 Å². The molecule has 0 bridgehead atoms. The van der Waals surface area contributed by atoms with Crippen LogP contribution in [0, 0.1) is 36.1 Å². The first kappa shape index (κ1) is 27.6. The van der Waals surface area contributed by atoms with Crippen LogP contribution in [0.5, 0.6) is 0 Å². The maximum Gasteiger partial charge on any atom is 0.219 e. The fourth-order valence-electron chi connectivity index (χ4n) is 4.01. The van der Waals surface area contributed by atoms with E-state index in [9.17, 15) is 18.0 Å². The Morgan fingerprint density at radius 2 is 1.38 bits per heavy atom. The first-order valence-corrected chi connectivity index (χ1v) is 12.4. The van der Waals surface area contributed by atoms with E-state index >= 15 is 4.39 Å². The van der Waals surface area contributed by atoms with Gasteiger partial charge in [0.1, 0.15) is 5.82 Å². The highest BCUT2D eigenvalue weighted by Crippen LogP contribution is 2.42. The van der Waals surface area contributed by atoms with Crippen LogP contribution in [0.2, 0.25) is 0 Å². The first-order chi connectivity index (χ1) is 16.2. The van der Waals surface area contributed by atoms with Crippen LogP contribution in [0.4, 0.5) is 17.6 Å². The summed E-state index contributed by atoms with van der Waals surface area (Å²) in [5.74, 6) is -6.47. The maximum absolute atomic E-state index is 15.1. The van der Waals surface area contributed by atoms with Gasteiger partial charge in [-0.1, -0.05) is 88.8 Å². The summed E-state index contributed by atoms with van der Waals surface area (Å²) in [5, 5.41) is -0.111. The quantitative estimate of drug-likeness (QED) is 0.195. The average molecular weight is 491 g/mol. The average Bonchev–Trinajstić information content (AvgIpc) is 2.85. The summed E-state index contributed by atoms with van der Waals surface area (Å²) in [6.45, 7) is 10.5. The molecule has 3 aromatic carbocycles. The fourth-order valence-corrected chi connectivity index (χ4v) is 4.61. The molecule has 0 spiro atoms. The van der Waals surface area contributed by atoms with Gasteiger partial charge in [0.15, 0.2) is 17.5 Å². The van der Waals surface area contributed by atoms with E-state index in [4.69, 9.17) is 0 Å². The van der Waals surface area contributed by atoms with E-state index in [0.717, 1.165) is 6.92 Å². The normalized spacial score (nSPS) is 11.7. The van der Waals surface area contributed by atoms with Gasteiger partial charge in [0.2, 0.25) is 5.12 Å². The van der Waals surface area contributed by atoms with Gasteiger partial charge in [-0.05, 0) is 41.4 Å². The lowest BCUT2D eigenvalue weighted by Crippen LogP contribution is -2.17. The molecule has 0 aliphatic rings. The van der Waals surface area contributed by atoms with E-state index in [1.165, 1.54) is 11.8 Å². The predicted octanol–water partition coefficient (Wildman–Crippen LogP) is 8.93. The summed E-state index contributed by atoms with van der Waals surface area (Å²) in [5.41, 5.74) is 1.20. The van der Waals surface area contributed by atoms with Crippen LogP contribution >= 0.6 is 11.8 Å². The molecule has 0 N–H and O–H groups in total. The molecular weight excluding hydrogens is 460 g/mol. The second kappa shape index (κ2) is 12.2. The Kier molecular flexibility index (Phi) is 9.92. The van der Waals surface area contributed by atoms with Gasteiger partial charge in [-0.15, -0.1) is 0 Å². The number of hydrogen-bond acceptors (Lipinski definition) is 2. The van der Waals surface area contributed by atoms with Crippen molar-refractivity contribution in [2.75, 3.05) is 5.75 Å². The van der Waals surface area contributed by atoms with Crippen molar-refractivity contribution in [2.24, 2.45) is 5.92 Å². The smallest absolute Gasteiger partial charge is 0.219 e. The molecule has 0 aromatic heterocycles. The van der Waals surface area contributed by atoms with Crippen LogP contribution < -0.4 is 0 Å². The van der Waals surface area contributed by atoms with Crippen LogP contribution in [0.1, 0.15) is 67.6 Å². The lowest BCUT2D eigenvalue weighted by molar-refractivity contribution is 0.108. The molecule has 0 amide bonds. The largest absolute Gasteiger partial charge is 0.282 e. The molecule has 182 valence electrons. The summed E-state index contributed by atoms with van der Waals surface area (Å²) >= 11 is 1.17. The number of carbonyl (C=O) groups excluding carboxylic acids is 1. The van der Waals surface area contributed by atoms with Crippen molar-refractivity contribution >= 4 is 16.9 Å². The highest BCUT2D eigenvalue weighted by molar-refractivity contribution is 8.14. The highest BCUT2D eigenvalue weighted by Gasteiger charge is 2.32. The van der Waals surface area contributed by atoms with E-state index in [0.29, 0.717) is 28.0 Å². The predicted molar refractivity (Wildman–Crippen MR) is 133 cm³/mol. The Balaban J connectivity index is 0.00000199. The topological polar surface area (TPSA) is 17.1 Å². The van der Waals surface area contributed by atoms with Crippen LogP contribution in [0.15, 0.2) is 48.5 Å². The minimum absolute atomic E-state index is 0.111. The summed E-state index contributed by atoms with van der Waals surface area (Å²) in [6, 6.07) is 14.0. The number of halogens is 4. The Hall–Kier alpha value is -2.60. The van der Waals surface area contributed by atoms with Gasteiger partial charge in [-0.2, -0.15) is 0 Å². The number of hydrogen-bond donors (Lipinski definition) is 0. The molecule has 6 heteroatoms. The molecule has 0 saturated heterocycles. The fraction of sp³-hybridized carbons (Fsp3) is 0.321. The zero-order valence-electron chi connectivity index (χ0n) is 20.3. The molecule has 3 aromatic rings. The lowest BCUT2D eigenvalue weighted by atomic mass is 9.78. The number of carbonyl (C=O) groups is 1. The SMILES string of the molecule is CC.CCSC(=O)c1ccccc1-c1ccccc1C(c1c(F)c(C)c(F)c(F)c1F)C(C)C. The van der Waals surface area contributed by atoms with Crippen LogP contribution in [-0.2, 0) is 0 Å². The number of benzene rings is 3. The summed E-state index contributed by atoms with van der Waals surface area (Å²) < 4.78 is 58.3. The molecule has 0 saturated carbocycles. The molecule has 0 radical (unpaired) electrons. The molecule has 1 nitrogen and oxygen atoms in total. The third-order valence-corrected chi connectivity index (χ3v) is 6.27. The van der Waals surface area contributed by atoms with Crippen molar-refractivity contribution in [3.63, 3.8) is 0 Å². The van der Waals surface area contributed by atoms with Gasteiger partial charge in [0, 0.05) is 22.6 Å². The highest BCUT2D eigenvalue weighted by atomic mass is 32.2. The van der Waals surface area contributed by atoms with E-state index in [1.807, 2.05) is 20.8 Å². The summed E-state index contributed by atoms with van der Waals surface area (Å²) in [4.78, 5) is 12.7. The molecule has 1 unspecified atom stereocenters. The summed E-state index contributed by atoms with van der Waals surface area (Å²) in [6.07, 6.45) is 0. The molecule has 3 rings (SSSR count). The lowest BCUT2D eigenvalue weighted by Gasteiger charge is -2.27. The minimum Gasteiger partial charge on any atom is -0.282 e. The zero-order chi connectivity index (χ0) is 25.6. The zero-order valence-corrected chi connectivity index (χ0v) is 21.1. The maximum atomic E-state index is 15.1. The molecule has 1 atom stereocenters. The Morgan fingerprint density at radius 3 is 1.97 bits per heavy atom. The van der Waals surface area contributed by atoms with Crippen molar-refractivity contribution in [3.8, 4) is 11.1 Å². The third-order valence-electron chi connectivity index (χ3n) is 5.50. The number of rotatable bonds is 6. The van der Waals surface area contributed by atoms with Crippen LogP contribution in [-0.4, -0.2) is 10.9 Å². The molecule has 0 aliphatic heterocycles. The molecule has 0 fully saturated rings. The van der Waals surface area contributed by atoms with Crippen molar-refractivity contribution in [3.05, 3.63) is 94.1 Å². The van der Waals surface area contributed by atoms with E-state index < -0.39 is 40.3 Å². The van der Waals surface area contributed by atoms with Crippen molar-refractivity contribution in [1.82, 2.24) is 0 Å². The Morgan fingerprint density at radius 1 is 0.824 bits per heavy atom. The van der Waals surface area contributed by atoms with Gasteiger partial charge < -0.3 is 0 Å². The molecule has 0 heterocycles. The Labute approximate surface area is 203 Å². The van der Waals surface area contributed by atoms with E-state index in [2.05, 4.69) is 0 Å². The second-order valence-corrected chi connectivity index (χ2v) is 9.11. The van der Waals surface area contributed by atoms with Gasteiger partial charge in [0.25, 0.3) is 0 Å². The number of thioether (sulfide) groups is 1. The summed E-state index contributed by atoms with van der Waals surface area (Å²) in [7, 11) is 0. The molecular formula is C28H30F4OS. The minimum atomic E-state index is -1.68. The van der Waals surface area contributed by atoms with Crippen molar-refractivity contribution < 1.29 is 22.4 Å². The van der Waals surface area contributed by atoms with Crippen molar-refractivity contribution in [2.45, 2.75) is 47.5 Å². The standard InChI is InChI=1S/C26H24F4OS.C2H6/c1-5-32-26(31)19-13-9-7-11-17(19)16-10-6-8-12-18(16)20(14(2)3)21-22(27)15(4)23(28)25(30)24(21)29;1-2/h6-14,20H,5H2,1-4H3;1-2H3. The van der Waals surface area contributed by atoms with Crippen LogP contribution in [0.3, 0.4) is 0 Å². The first-order valence-electron chi connectivity index (χ1n) is 11.4. The van der Waals surface area contributed by atoms with Gasteiger partial charge in [-0.25, -0.2) is 17.6 Å². The Bertz CT molecular complexity index is 1130. The molecule has 0 aliphatic carbocycles. The molecule has 34 heavy (non-hydrogen) atoms. The second-order valence-electron chi connectivity index (χ2n) is 7.87. The van der Waals surface area contributed by atoms with Gasteiger partial charge in [-0.3, -0.25) is 4.79 Å². The van der Waals surface area contributed by atoms with Gasteiger partial charge >= 0.3 is 0 Å². The van der Waals surface area contributed by atoms with Gasteiger partial charge in [0.05, 0.1) is 0 Å². The monoisotopic (exact) mass is 490 g/mol.